The normalized spacial score (nSPS) is 17.8. The van der Waals surface area contributed by atoms with Gasteiger partial charge in [-0.15, -0.1) is 0 Å². The fourth-order valence-corrected chi connectivity index (χ4v) is 2.48. The molecule has 1 aliphatic rings. The fourth-order valence-electron chi connectivity index (χ4n) is 2.31. The second kappa shape index (κ2) is 5.07. The number of hydrogen-bond acceptors (Lipinski definition) is 2. The molecule has 0 saturated carbocycles. The van der Waals surface area contributed by atoms with E-state index in [1.807, 2.05) is 13.0 Å². The summed E-state index contributed by atoms with van der Waals surface area (Å²) in [5.41, 5.74) is 8.48. The summed E-state index contributed by atoms with van der Waals surface area (Å²) in [4.78, 5) is 2.42. The molecule has 0 bridgehead atoms. The first-order valence-electron chi connectivity index (χ1n) is 5.96. The summed E-state index contributed by atoms with van der Waals surface area (Å²) in [6.07, 6.45) is 3.48. The molecule has 1 fully saturated rings. The van der Waals surface area contributed by atoms with E-state index in [9.17, 15) is 0 Å². The molecule has 0 aromatic heterocycles. The van der Waals surface area contributed by atoms with Crippen molar-refractivity contribution >= 4 is 17.3 Å². The van der Waals surface area contributed by atoms with E-state index in [0.717, 1.165) is 24.5 Å². The van der Waals surface area contributed by atoms with Crippen molar-refractivity contribution in [3.8, 4) is 0 Å². The maximum Gasteiger partial charge on any atom is 0.0426 e. The molecule has 1 heterocycles. The molecule has 2 N–H and O–H groups in total. The van der Waals surface area contributed by atoms with Crippen LogP contribution in [0.1, 0.15) is 25.3 Å². The van der Waals surface area contributed by atoms with Crippen LogP contribution in [0.2, 0.25) is 5.02 Å². The predicted octanol–water partition coefficient (Wildman–Crippen LogP) is 2.83. The van der Waals surface area contributed by atoms with Gasteiger partial charge in [-0.25, -0.2) is 0 Å². The summed E-state index contributed by atoms with van der Waals surface area (Å²) in [6.45, 7) is 4.33. The Bertz CT molecular complexity index is 357. The molecule has 0 spiro atoms. The molecule has 0 radical (unpaired) electrons. The molecule has 3 heteroatoms. The van der Waals surface area contributed by atoms with Gasteiger partial charge in [0.1, 0.15) is 0 Å². The lowest BCUT2D eigenvalue weighted by Gasteiger charge is -2.22. The first-order chi connectivity index (χ1) is 7.66. The number of nitrogens with zero attached hydrogens (tertiary/aromatic N) is 1. The Hall–Kier alpha value is -0.730. The number of nitrogens with two attached hydrogens (primary N) is 1. The lowest BCUT2D eigenvalue weighted by Crippen LogP contribution is -2.23. The summed E-state index contributed by atoms with van der Waals surface area (Å²) in [5.74, 6) is 0. The number of hydrogen-bond donors (Lipinski definition) is 1. The predicted molar refractivity (Wildman–Crippen MR) is 70.3 cm³/mol. The molecule has 1 unspecified atom stereocenters. The molecule has 1 aliphatic heterocycles. The molecule has 88 valence electrons. The van der Waals surface area contributed by atoms with E-state index >= 15 is 0 Å². The zero-order chi connectivity index (χ0) is 11.5. The number of benzene rings is 1. The van der Waals surface area contributed by atoms with Crippen LogP contribution < -0.4 is 10.6 Å². The minimum Gasteiger partial charge on any atom is -0.371 e. The van der Waals surface area contributed by atoms with Crippen molar-refractivity contribution in [2.45, 2.75) is 32.2 Å². The van der Waals surface area contributed by atoms with Crippen molar-refractivity contribution in [2.24, 2.45) is 5.73 Å². The lowest BCUT2D eigenvalue weighted by molar-refractivity contribution is 0.735. The fraction of sp³-hybridized carbons (Fsp3) is 0.538. The second-order valence-electron chi connectivity index (χ2n) is 4.65. The average Bonchev–Trinajstić information content (AvgIpc) is 2.73. The minimum atomic E-state index is 0.197. The van der Waals surface area contributed by atoms with Crippen LogP contribution in [0.4, 0.5) is 5.69 Å². The highest BCUT2D eigenvalue weighted by atomic mass is 35.5. The maximum absolute atomic E-state index is 6.07. The van der Waals surface area contributed by atoms with Gasteiger partial charge in [-0.3, -0.25) is 0 Å². The molecule has 2 nitrogen and oxygen atoms in total. The molecule has 16 heavy (non-hydrogen) atoms. The van der Waals surface area contributed by atoms with E-state index in [4.69, 9.17) is 17.3 Å². The van der Waals surface area contributed by atoms with Gasteiger partial charge in [0.15, 0.2) is 0 Å². The van der Waals surface area contributed by atoms with Crippen LogP contribution in [0.15, 0.2) is 18.2 Å². The van der Waals surface area contributed by atoms with Gasteiger partial charge in [0.05, 0.1) is 0 Å². The van der Waals surface area contributed by atoms with E-state index in [1.165, 1.54) is 24.1 Å². The van der Waals surface area contributed by atoms with Crippen molar-refractivity contribution in [1.29, 1.82) is 0 Å². The first-order valence-corrected chi connectivity index (χ1v) is 6.33. The summed E-state index contributed by atoms with van der Waals surface area (Å²) in [7, 11) is 0. The highest BCUT2D eigenvalue weighted by Crippen LogP contribution is 2.28. The monoisotopic (exact) mass is 238 g/mol. The maximum atomic E-state index is 6.07. The summed E-state index contributed by atoms with van der Waals surface area (Å²) in [6, 6.07) is 6.34. The molecular formula is C13H19ClN2. The van der Waals surface area contributed by atoms with Crippen molar-refractivity contribution in [1.82, 2.24) is 0 Å². The molecule has 1 atom stereocenters. The van der Waals surface area contributed by atoms with Gasteiger partial charge in [0.25, 0.3) is 0 Å². The zero-order valence-electron chi connectivity index (χ0n) is 9.75. The van der Waals surface area contributed by atoms with E-state index in [0.29, 0.717) is 0 Å². The SMILES string of the molecule is CC(N)Cc1ccc(Cl)cc1N1CCCC1. The Labute approximate surface area is 102 Å². The Kier molecular flexibility index (Phi) is 3.72. The van der Waals surface area contributed by atoms with Crippen LogP contribution >= 0.6 is 11.6 Å². The van der Waals surface area contributed by atoms with Crippen LogP contribution in [0.3, 0.4) is 0 Å². The van der Waals surface area contributed by atoms with Gasteiger partial charge in [-0.05, 0) is 43.9 Å². The Morgan fingerprint density at radius 1 is 1.38 bits per heavy atom. The molecule has 1 aromatic rings. The molecule has 1 saturated heterocycles. The van der Waals surface area contributed by atoms with Gasteiger partial charge < -0.3 is 10.6 Å². The van der Waals surface area contributed by atoms with Crippen molar-refractivity contribution in [2.75, 3.05) is 18.0 Å². The highest BCUT2D eigenvalue weighted by Gasteiger charge is 2.16. The summed E-state index contributed by atoms with van der Waals surface area (Å²) in [5, 5.41) is 0.815. The standard InChI is InChI=1S/C13H19ClN2/c1-10(15)8-11-4-5-12(14)9-13(11)16-6-2-3-7-16/h4-5,9-10H,2-3,6-8,15H2,1H3. The third-order valence-corrected chi connectivity index (χ3v) is 3.27. The Morgan fingerprint density at radius 2 is 2.06 bits per heavy atom. The van der Waals surface area contributed by atoms with Crippen LogP contribution in [-0.2, 0) is 6.42 Å². The number of anilines is 1. The molecule has 1 aromatic carbocycles. The highest BCUT2D eigenvalue weighted by molar-refractivity contribution is 6.30. The van der Waals surface area contributed by atoms with Crippen LogP contribution in [0.5, 0.6) is 0 Å². The van der Waals surface area contributed by atoms with Gasteiger partial charge >= 0.3 is 0 Å². The zero-order valence-corrected chi connectivity index (χ0v) is 10.5. The van der Waals surface area contributed by atoms with Gasteiger partial charge in [-0.1, -0.05) is 17.7 Å². The smallest absolute Gasteiger partial charge is 0.0426 e. The van der Waals surface area contributed by atoms with E-state index < -0.39 is 0 Å². The summed E-state index contributed by atoms with van der Waals surface area (Å²) >= 11 is 6.07. The van der Waals surface area contributed by atoms with E-state index in [1.54, 1.807) is 0 Å². The minimum absolute atomic E-state index is 0.197. The quantitative estimate of drug-likeness (QED) is 0.878. The molecule has 2 rings (SSSR count). The van der Waals surface area contributed by atoms with Gasteiger partial charge in [-0.2, -0.15) is 0 Å². The van der Waals surface area contributed by atoms with Crippen molar-refractivity contribution < 1.29 is 0 Å². The van der Waals surface area contributed by atoms with Gasteiger partial charge in [0, 0.05) is 29.8 Å². The number of halogens is 1. The topological polar surface area (TPSA) is 29.3 Å². The lowest BCUT2D eigenvalue weighted by atomic mass is 10.0. The molecule has 0 amide bonds. The van der Waals surface area contributed by atoms with E-state index in [2.05, 4.69) is 17.0 Å². The Morgan fingerprint density at radius 3 is 2.69 bits per heavy atom. The average molecular weight is 239 g/mol. The van der Waals surface area contributed by atoms with Crippen molar-refractivity contribution in [3.05, 3.63) is 28.8 Å². The third kappa shape index (κ3) is 2.69. The molecular weight excluding hydrogens is 220 g/mol. The first kappa shape index (κ1) is 11.7. The van der Waals surface area contributed by atoms with Crippen LogP contribution in [0.25, 0.3) is 0 Å². The van der Waals surface area contributed by atoms with Crippen LogP contribution in [0, 0.1) is 0 Å². The third-order valence-electron chi connectivity index (χ3n) is 3.04. The molecule has 0 aliphatic carbocycles. The number of rotatable bonds is 3. The Balaban J connectivity index is 2.28. The van der Waals surface area contributed by atoms with Crippen LogP contribution in [-0.4, -0.2) is 19.1 Å². The summed E-state index contributed by atoms with van der Waals surface area (Å²) < 4.78 is 0. The largest absolute Gasteiger partial charge is 0.371 e. The van der Waals surface area contributed by atoms with E-state index in [-0.39, 0.29) is 6.04 Å². The van der Waals surface area contributed by atoms with Gasteiger partial charge in [0.2, 0.25) is 0 Å². The van der Waals surface area contributed by atoms with Crippen molar-refractivity contribution in [3.63, 3.8) is 0 Å². The second-order valence-corrected chi connectivity index (χ2v) is 5.09.